The molecule has 6 heteroatoms. The first-order valence-corrected chi connectivity index (χ1v) is 7.72. The molecule has 1 aromatic heterocycles. The summed E-state index contributed by atoms with van der Waals surface area (Å²) < 4.78 is 5.23. The standard InChI is InChI=1S/C17H14Cl2N2O2/c1-23-11-5-6-14-12(8-11)10(9-20-14)7-16(22)21-15-4-2-3-13(18)17(15)19/h2-6,8-9,20H,7H2,1H3,(H,21,22). The van der Waals surface area contributed by atoms with Gasteiger partial charge in [-0.2, -0.15) is 0 Å². The molecule has 2 N–H and O–H groups in total. The molecular weight excluding hydrogens is 335 g/mol. The Hall–Kier alpha value is -2.17. The van der Waals surface area contributed by atoms with Crippen LogP contribution in [0.15, 0.2) is 42.6 Å². The van der Waals surface area contributed by atoms with E-state index in [0.29, 0.717) is 15.7 Å². The van der Waals surface area contributed by atoms with Gasteiger partial charge in [-0.05, 0) is 35.9 Å². The van der Waals surface area contributed by atoms with Crippen molar-refractivity contribution in [3.63, 3.8) is 0 Å². The molecule has 0 saturated carbocycles. The minimum atomic E-state index is -0.169. The summed E-state index contributed by atoms with van der Waals surface area (Å²) in [5, 5.41) is 4.48. The van der Waals surface area contributed by atoms with Crippen LogP contribution < -0.4 is 10.1 Å². The molecule has 0 bridgehead atoms. The molecule has 3 aromatic rings. The lowest BCUT2D eigenvalue weighted by Gasteiger charge is -2.08. The zero-order valence-electron chi connectivity index (χ0n) is 12.3. The molecule has 0 unspecified atom stereocenters. The number of aromatic nitrogens is 1. The number of carbonyl (C=O) groups excluding carboxylic acids is 1. The van der Waals surface area contributed by atoms with Crippen molar-refractivity contribution in [1.82, 2.24) is 4.98 Å². The summed E-state index contributed by atoms with van der Waals surface area (Å²) in [5.74, 6) is 0.578. The van der Waals surface area contributed by atoms with E-state index < -0.39 is 0 Å². The van der Waals surface area contributed by atoms with E-state index >= 15 is 0 Å². The molecule has 4 nitrogen and oxygen atoms in total. The van der Waals surface area contributed by atoms with E-state index in [1.807, 2.05) is 24.4 Å². The molecule has 0 aliphatic rings. The molecule has 0 spiro atoms. The van der Waals surface area contributed by atoms with Crippen LogP contribution in [0, 0.1) is 0 Å². The van der Waals surface area contributed by atoms with Gasteiger partial charge in [0.2, 0.25) is 5.91 Å². The molecule has 0 atom stereocenters. The number of halogens is 2. The monoisotopic (exact) mass is 348 g/mol. The van der Waals surface area contributed by atoms with E-state index in [0.717, 1.165) is 22.2 Å². The number of nitrogens with one attached hydrogen (secondary N) is 2. The molecule has 118 valence electrons. The number of anilines is 1. The Labute approximate surface area is 143 Å². The van der Waals surface area contributed by atoms with Gasteiger partial charge in [-0.3, -0.25) is 4.79 Å². The second kappa shape index (κ2) is 6.52. The van der Waals surface area contributed by atoms with Crippen molar-refractivity contribution in [3.05, 3.63) is 58.2 Å². The molecule has 0 fully saturated rings. The average molecular weight is 349 g/mol. The van der Waals surface area contributed by atoms with Gasteiger partial charge in [-0.25, -0.2) is 0 Å². The van der Waals surface area contributed by atoms with Crippen LogP contribution in [0.25, 0.3) is 10.9 Å². The van der Waals surface area contributed by atoms with Crippen LogP contribution >= 0.6 is 23.2 Å². The van der Waals surface area contributed by atoms with E-state index in [9.17, 15) is 4.79 Å². The van der Waals surface area contributed by atoms with Gasteiger partial charge in [-0.1, -0.05) is 29.3 Å². The van der Waals surface area contributed by atoms with Gasteiger partial charge in [0.15, 0.2) is 0 Å². The summed E-state index contributed by atoms with van der Waals surface area (Å²) in [6.45, 7) is 0. The Balaban J connectivity index is 1.81. The van der Waals surface area contributed by atoms with Crippen molar-refractivity contribution in [1.29, 1.82) is 0 Å². The lowest BCUT2D eigenvalue weighted by Crippen LogP contribution is -2.14. The van der Waals surface area contributed by atoms with Crippen molar-refractivity contribution in [2.24, 2.45) is 0 Å². The van der Waals surface area contributed by atoms with E-state index in [2.05, 4.69) is 10.3 Å². The van der Waals surface area contributed by atoms with Gasteiger partial charge in [0.1, 0.15) is 5.75 Å². The number of H-pyrrole nitrogens is 1. The number of amides is 1. The summed E-state index contributed by atoms with van der Waals surface area (Å²) in [4.78, 5) is 15.4. The predicted molar refractivity (Wildman–Crippen MR) is 93.6 cm³/mol. The normalized spacial score (nSPS) is 10.7. The molecule has 1 amide bonds. The lowest BCUT2D eigenvalue weighted by atomic mass is 10.1. The number of fused-ring (bicyclic) bond motifs is 1. The third-order valence-electron chi connectivity index (χ3n) is 3.55. The minimum absolute atomic E-state index is 0.169. The fourth-order valence-corrected chi connectivity index (χ4v) is 2.75. The first kappa shape index (κ1) is 15.7. The molecule has 1 heterocycles. The molecular formula is C17H14Cl2N2O2. The number of methoxy groups -OCH3 is 1. The molecule has 0 radical (unpaired) electrons. The number of carbonyl (C=O) groups is 1. The average Bonchev–Trinajstić information content (AvgIpc) is 2.94. The van der Waals surface area contributed by atoms with Gasteiger partial charge in [0.25, 0.3) is 0 Å². The van der Waals surface area contributed by atoms with E-state index in [1.165, 1.54) is 0 Å². The van der Waals surface area contributed by atoms with Crippen LogP contribution in [0.4, 0.5) is 5.69 Å². The third-order valence-corrected chi connectivity index (χ3v) is 4.37. The van der Waals surface area contributed by atoms with Gasteiger partial charge in [0.05, 0.1) is 29.3 Å². The maximum Gasteiger partial charge on any atom is 0.228 e. The van der Waals surface area contributed by atoms with Crippen LogP contribution in [-0.2, 0) is 11.2 Å². The fourth-order valence-electron chi connectivity index (χ4n) is 2.40. The quantitative estimate of drug-likeness (QED) is 0.720. The summed E-state index contributed by atoms with van der Waals surface area (Å²) >= 11 is 12.0. The highest BCUT2D eigenvalue weighted by molar-refractivity contribution is 6.44. The Kier molecular flexibility index (Phi) is 4.46. The Morgan fingerprint density at radius 2 is 2.09 bits per heavy atom. The van der Waals surface area contributed by atoms with Crippen LogP contribution in [0.5, 0.6) is 5.75 Å². The van der Waals surface area contributed by atoms with E-state index in [4.69, 9.17) is 27.9 Å². The summed E-state index contributed by atoms with van der Waals surface area (Å²) in [7, 11) is 1.61. The Morgan fingerprint density at radius 3 is 2.87 bits per heavy atom. The number of ether oxygens (including phenoxy) is 1. The van der Waals surface area contributed by atoms with Crippen molar-refractivity contribution in [3.8, 4) is 5.75 Å². The Bertz CT molecular complexity index is 874. The molecule has 0 aliphatic carbocycles. The molecule has 3 rings (SSSR count). The van der Waals surface area contributed by atoms with Crippen LogP contribution in [0.2, 0.25) is 10.0 Å². The maximum atomic E-state index is 12.3. The number of benzene rings is 2. The smallest absolute Gasteiger partial charge is 0.228 e. The number of hydrogen-bond acceptors (Lipinski definition) is 2. The van der Waals surface area contributed by atoms with Crippen molar-refractivity contribution in [2.75, 3.05) is 12.4 Å². The number of aromatic amines is 1. The van der Waals surface area contributed by atoms with Gasteiger partial charge < -0.3 is 15.0 Å². The molecule has 0 saturated heterocycles. The number of rotatable bonds is 4. The molecule has 23 heavy (non-hydrogen) atoms. The highest BCUT2D eigenvalue weighted by Gasteiger charge is 2.12. The first-order valence-electron chi connectivity index (χ1n) is 6.96. The minimum Gasteiger partial charge on any atom is -0.497 e. The highest BCUT2D eigenvalue weighted by Crippen LogP contribution is 2.30. The van der Waals surface area contributed by atoms with Crippen LogP contribution in [0.1, 0.15) is 5.56 Å². The Morgan fingerprint density at radius 1 is 1.26 bits per heavy atom. The zero-order valence-corrected chi connectivity index (χ0v) is 13.8. The second-order valence-electron chi connectivity index (χ2n) is 5.05. The van der Waals surface area contributed by atoms with Crippen molar-refractivity contribution in [2.45, 2.75) is 6.42 Å². The van der Waals surface area contributed by atoms with E-state index in [1.54, 1.807) is 25.3 Å². The highest BCUT2D eigenvalue weighted by atomic mass is 35.5. The first-order chi connectivity index (χ1) is 11.1. The molecule has 2 aromatic carbocycles. The summed E-state index contributed by atoms with van der Waals surface area (Å²) in [6, 6.07) is 10.8. The summed E-state index contributed by atoms with van der Waals surface area (Å²) in [5.41, 5.74) is 2.34. The zero-order chi connectivity index (χ0) is 16.4. The van der Waals surface area contributed by atoms with Gasteiger partial charge in [0, 0.05) is 17.1 Å². The lowest BCUT2D eigenvalue weighted by molar-refractivity contribution is -0.115. The largest absolute Gasteiger partial charge is 0.497 e. The fraction of sp³-hybridized carbons (Fsp3) is 0.118. The second-order valence-corrected chi connectivity index (χ2v) is 5.84. The maximum absolute atomic E-state index is 12.3. The van der Waals surface area contributed by atoms with E-state index in [-0.39, 0.29) is 12.3 Å². The van der Waals surface area contributed by atoms with Gasteiger partial charge >= 0.3 is 0 Å². The van der Waals surface area contributed by atoms with Gasteiger partial charge in [-0.15, -0.1) is 0 Å². The third kappa shape index (κ3) is 3.28. The van der Waals surface area contributed by atoms with Crippen molar-refractivity contribution < 1.29 is 9.53 Å². The summed E-state index contributed by atoms with van der Waals surface area (Å²) in [6.07, 6.45) is 2.04. The molecule has 0 aliphatic heterocycles. The van der Waals surface area contributed by atoms with Crippen LogP contribution in [0.3, 0.4) is 0 Å². The predicted octanol–water partition coefficient (Wildman–Crippen LogP) is 4.66. The SMILES string of the molecule is COc1ccc2[nH]cc(CC(=O)Nc3cccc(Cl)c3Cl)c2c1. The van der Waals surface area contributed by atoms with Crippen molar-refractivity contribution >= 4 is 45.7 Å². The number of hydrogen-bond donors (Lipinski definition) is 2. The van der Waals surface area contributed by atoms with Crippen LogP contribution in [-0.4, -0.2) is 18.0 Å². The topological polar surface area (TPSA) is 54.1 Å².